The molecule has 0 saturated heterocycles. The Morgan fingerprint density at radius 2 is 1.80 bits per heavy atom. The Morgan fingerprint density at radius 1 is 1.15 bits per heavy atom. The van der Waals surface area contributed by atoms with Crippen LogP contribution in [0.2, 0.25) is 0 Å². The summed E-state index contributed by atoms with van der Waals surface area (Å²) < 4.78 is 0.929. The molecule has 6 heteroatoms. The first kappa shape index (κ1) is 14.3. The molecule has 0 aliphatic rings. The maximum atomic E-state index is 11.8. The van der Waals surface area contributed by atoms with Crippen molar-refractivity contribution in [1.82, 2.24) is 5.32 Å². The lowest BCUT2D eigenvalue weighted by Crippen LogP contribution is -2.40. The summed E-state index contributed by atoms with van der Waals surface area (Å²) in [5, 5.41) is 15.6. The van der Waals surface area contributed by atoms with Gasteiger partial charge in [0.05, 0.1) is 5.69 Å². The summed E-state index contributed by atoms with van der Waals surface area (Å²) in [5.74, 6) is -1.08. The van der Waals surface area contributed by atoms with Gasteiger partial charge >= 0.3 is 12.0 Å². The Hall–Kier alpha value is -2.08. The minimum Gasteiger partial charge on any atom is -0.480 e. The van der Waals surface area contributed by atoms with Crippen LogP contribution in [0.3, 0.4) is 0 Å². The average Bonchev–Trinajstić information content (AvgIpc) is 2.42. The molecule has 1 atom stereocenters. The second-order valence-corrected chi connectivity index (χ2v) is 5.15. The number of anilines is 1. The van der Waals surface area contributed by atoms with Gasteiger partial charge < -0.3 is 15.7 Å². The maximum Gasteiger partial charge on any atom is 0.325 e. The number of rotatable bonds is 3. The van der Waals surface area contributed by atoms with E-state index in [-0.39, 0.29) is 0 Å². The molecular weight excluding hydrogens is 324 g/mol. The summed E-state index contributed by atoms with van der Waals surface area (Å²) in [6.07, 6.45) is 0. The molecule has 0 aliphatic heterocycles. The van der Waals surface area contributed by atoms with E-state index < -0.39 is 18.0 Å². The molecule has 2 amide bonds. The van der Waals surface area contributed by atoms with Gasteiger partial charge in [-0.1, -0.05) is 40.2 Å². The van der Waals surface area contributed by atoms with Crippen LogP contribution in [0.1, 0.15) is 6.92 Å². The van der Waals surface area contributed by atoms with Crippen molar-refractivity contribution in [3.63, 3.8) is 0 Å². The highest BCUT2D eigenvalue weighted by atomic mass is 79.9. The monoisotopic (exact) mass is 336 g/mol. The number of amides is 2. The maximum absolute atomic E-state index is 11.8. The predicted octanol–water partition coefficient (Wildman–Crippen LogP) is 3.20. The molecule has 0 unspecified atom stereocenters. The van der Waals surface area contributed by atoms with Gasteiger partial charge in [0, 0.05) is 9.86 Å². The number of halogens is 1. The van der Waals surface area contributed by atoms with Crippen molar-refractivity contribution >= 4 is 44.4 Å². The molecule has 104 valence electrons. The van der Waals surface area contributed by atoms with Crippen LogP contribution in [0.4, 0.5) is 10.5 Å². The Balaban J connectivity index is 2.24. The molecule has 0 saturated carbocycles. The summed E-state index contributed by atoms with van der Waals surface area (Å²) in [5.41, 5.74) is 0.624. The van der Waals surface area contributed by atoms with Crippen LogP contribution in [0, 0.1) is 0 Å². The predicted molar refractivity (Wildman–Crippen MR) is 80.9 cm³/mol. The normalized spacial score (nSPS) is 11.9. The van der Waals surface area contributed by atoms with Gasteiger partial charge in [0.1, 0.15) is 6.04 Å². The van der Waals surface area contributed by atoms with Gasteiger partial charge in [-0.2, -0.15) is 0 Å². The van der Waals surface area contributed by atoms with E-state index in [1.54, 1.807) is 6.07 Å². The zero-order valence-electron chi connectivity index (χ0n) is 10.7. The third-order valence-electron chi connectivity index (χ3n) is 2.84. The molecule has 2 aromatic carbocycles. The first-order valence-electron chi connectivity index (χ1n) is 5.96. The summed E-state index contributed by atoms with van der Waals surface area (Å²) in [7, 11) is 0. The van der Waals surface area contributed by atoms with E-state index in [1.165, 1.54) is 6.92 Å². The number of hydrogen-bond acceptors (Lipinski definition) is 2. The van der Waals surface area contributed by atoms with Gasteiger partial charge in [0.15, 0.2) is 0 Å². The lowest BCUT2D eigenvalue weighted by molar-refractivity contribution is -0.138. The highest BCUT2D eigenvalue weighted by Gasteiger charge is 2.14. The standard InChI is InChI=1S/C14H13BrN2O3/c1-8(13(18)19)16-14(20)17-12-7-6-11(15)9-4-2-3-5-10(9)12/h2-8H,1H3,(H,18,19)(H2,16,17,20)/t8-/m0/s1. The molecule has 2 rings (SSSR count). The number of carbonyl (C=O) groups excluding carboxylic acids is 1. The molecule has 2 aromatic rings. The summed E-state index contributed by atoms with van der Waals surface area (Å²) in [6, 6.07) is 9.69. The van der Waals surface area contributed by atoms with Gasteiger partial charge in [0.25, 0.3) is 0 Å². The quantitative estimate of drug-likeness (QED) is 0.805. The summed E-state index contributed by atoms with van der Waals surface area (Å²) >= 11 is 3.45. The SMILES string of the molecule is C[C@H](NC(=O)Nc1ccc(Br)c2ccccc12)C(=O)O. The van der Waals surface area contributed by atoms with Crippen molar-refractivity contribution in [2.75, 3.05) is 5.32 Å². The van der Waals surface area contributed by atoms with E-state index in [1.807, 2.05) is 30.3 Å². The summed E-state index contributed by atoms with van der Waals surface area (Å²) in [6.45, 7) is 1.40. The van der Waals surface area contributed by atoms with Crippen LogP contribution in [0.5, 0.6) is 0 Å². The zero-order valence-corrected chi connectivity index (χ0v) is 12.3. The van der Waals surface area contributed by atoms with Crippen LogP contribution in [-0.4, -0.2) is 23.1 Å². The molecule has 0 aromatic heterocycles. The first-order chi connectivity index (χ1) is 9.49. The molecule has 0 aliphatic carbocycles. The number of carboxylic acids is 1. The number of aliphatic carboxylic acids is 1. The van der Waals surface area contributed by atoms with Crippen molar-refractivity contribution in [2.24, 2.45) is 0 Å². The lowest BCUT2D eigenvalue weighted by atomic mass is 10.1. The van der Waals surface area contributed by atoms with E-state index in [9.17, 15) is 9.59 Å². The number of fused-ring (bicyclic) bond motifs is 1. The van der Waals surface area contributed by atoms with Crippen molar-refractivity contribution in [3.05, 3.63) is 40.9 Å². The van der Waals surface area contributed by atoms with Crippen LogP contribution >= 0.6 is 15.9 Å². The fourth-order valence-corrected chi connectivity index (χ4v) is 2.27. The Morgan fingerprint density at radius 3 is 2.45 bits per heavy atom. The fourth-order valence-electron chi connectivity index (χ4n) is 1.79. The van der Waals surface area contributed by atoms with E-state index in [0.717, 1.165) is 15.2 Å². The van der Waals surface area contributed by atoms with Crippen LogP contribution in [-0.2, 0) is 4.79 Å². The average molecular weight is 337 g/mol. The lowest BCUT2D eigenvalue weighted by Gasteiger charge is -2.13. The zero-order chi connectivity index (χ0) is 14.7. The molecule has 0 spiro atoms. The highest BCUT2D eigenvalue weighted by Crippen LogP contribution is 2.29. The molecular formula is C14H13BrN2O3. The third kappa shape index (κ3) is 3.08. The van der Waals surface area contributed by atoms with Gasteiger partial charge in [-0.15, -0.1) is 0 Å². The van der Waals surface area contributed by atoms with E-state index in [2.05, 4.69) is 26.6 Å². The Labute approximate surface area is 124 Å². The second-order valence-electron chi connectivity index (χ2n) is 4.30. The van der Waals surface area contributed by atoms with Crippen molar-refractivity contribution in [3.8, 4) is 0 Å². The smallest absolute Gasteiger partial charge is 0.325 e. The number of nitrogens with one attached hydrogen (secondary N) is 2. The molecule has 0 bridgehead atoms. The minimum absolute atomic E-state index is 0.549. The largest absolute Gasteiger partial charge is 0.480 e. The fraction of sp³-hybridized carbons (Fsp3) is 0.143. The van der Waals surface area contributed by atoms with Gasteiger partial charge in [0.2, 0.25) is 0 Å². The number of hydrogen-bond donors (Lipinski definition) is 3. The Bertz CT molecular complexity index is 673. The van der Waals surface area contributed by atoms with Crippen LogP contribution in [0.25, 0.3) is 10.8 Å². The summed E-state index contributed by atoms with van der Waals surface area (Å²) in [4.78, 5) is 22.5. The van der Waals surface area contributed by atoms with E-state index >= 15 is 0 Å². The number of urea groups is 1. The molecule has 5 nitrogen and oxygen atoms in total. The molecule has 0 heterocycles. The second kappa shape index (κ2) is 5.92. The van der Waals surface area contributed by atoms with Gasteiger partial charge in [-0.3, -0.25) is 4.79 Å². The minimum atomic E-state index is -1.08. The van der Waals surface area contributed by atoms with Gasteiger partial charge in [-0.25, -0.2) is 4.79 Å². The molecule has 20 heavy (non-hydrogen) atoms. The number of benzene rings is 2. The molecule has 0 radical (unpaired) electrons. The van der Waals surface area contributed by atoms with Crippen LogP contribution in [0.15, 0.2) is 40.9 Å². The van der Waals surface area contributed by atoms with E-state index in [4.69, 9.17) is 5.11 Å². The number of carbonyl (C=O) groups is 2. The van der Waals surface area contributed by atoms with E-state index in [0.29, 0.717) is 5.69 Å². The Kier molecular flexibility index (Phi) is 4.24. The molecule has 0 fully saturated rings. The van der Waals surface area contributed by atoms with Gasteiger partial charge in [-0.05, 0) is 24.4 Å². The third-order valence-corrected chi connectivity index (χ3v) is 3.53. The number of carboxylic acid groups (broad SMARTS) is 1. The van der Waals surface area contributed by atoms with Crippen molar-refractivity contribution < 1.29 is 14.7 Å². The van der Waals surface area contributed by atoms with Crippen LogP contribution < -0.4 is 10.6 Å². The highest BCUT2D eigenvalue weighted by molar-refractivity contribution is 9.10. The topological polar surface area (TPSA) is 78.4 Å². The van der Waals surface area contributed by atoms with Crippen molar-refractivity contribution in [2.45, 2.75) is 13.0 Å². The molecule has 3 N–H and O–H groups in total. The first-order valence-corrected chi connectivity index (χ1v) is 6.76. The van der Waals surface area contributed by atoms with Crippen molar-refractivity contribution in [1.29, 1.82) is 0 Å².